The number of ether oxygens (including phenoxy) is 3. The van der Waals surface area contributed by atoms with E-state index in [0.717, 1.165) is 0 Å². The maximum absolute atomic E-state index is 14.3. The first kappa shape index (κ1) is 24.7. The highest BCUT2D eigenvalue weighted by Crippen LogP contribution is 2.40. The fourth-order valence-corrected chi connectivity index (χ4v) is 4.28. The average Bonchev–Trinajstić information content (AvgIpc) is 3.21. The highest BCUT2D eigenvalue weighted by Gasteiger charge is 2.25. The van der Waals surface area contributed by atoms with Crippen LogP contribution in [0.2, 0.25) is 0 Å². The number of rotatable bonds is 11. The predicted octanol–water partition coefficient (Wildman–Crippen LogP) is 4.84. The number of carbonyl (C=O) groups excluding carboxylic acids is 1. The van der Waals surface area contributed by atoms with E-state index in [1.165, 1.54) is 17.4 Å². The Labute approximate surface area is 197 Å². The molecule has 1 aromatic heterocycles. The number of benzene rings is 2. The summed E-state index contributed by atoms with van der Waals surface area (Å²) >= 11 is 1.28. The minimum absolute atomic E-state index is 0.261. The van der Waals surface area contributed by atoms with Gasteiger partial charge in [0.2, 0.25) is 5.75 Å². The van der Waals surface area contributed by atoms with Gasteiger partial charge < -0.3 is 19.1 Å². The van der Waals surface area contributed by atoms with E-state index in [1.807, 2.05) is 39.8 Å². The molecule has 0 bridgehead atoms. The molecule has 0 unspecified atom stereocenters. The number of para-hydroxylation sites is 1. The molecular formula is C24H30FN3O4S. The molecule has 0 atom stereocenters. The van der Waals surface area contributed by atoms with E-state index in [9.17, 15) is 9.18 Å². The lowest BCUT2D eigenvalue weighted by molar-refractivity contribution is 0.0984. The van der Waals surface area contributed by atoms with Crippen LogP contribution < -0.4 is 19.1 Å². The van der Waals surface area contributed by atoms with E-state index < -0.39 is 5.82 Å². The van der Waals surface area contributed by atoms with Gasteiger partial charge in [-0.25, -0.2) is 9.37 Å². The second-order valence-electron chi connectivity index (χ2n) is 7.44. The van der Waals surface area contributed by atoms with Gasteiger partial charge in [0.25, 0.3) is 5.91 Å². The molecule has 1 amide bonds. The fraction of sp³-hybridized carbons (Fsp3) is 0.417. The summed E-state index contributed by atoms with van der Waals surface area (Å²) in [4.78, 5) is 21.7. The molecule has 0 N–H and O–H groups in total. The molecule has 178 valence electrons. The normalized spacial score (nSPS) is 11.1. The van der Waals surface area contributed by atoms with Crippen LogP contribution in [0.3, 0.4) is 0 Å². The first-order valence-electron chi connectivity index (χ1n) is 11.0. The predicted molar refractivity (Wildman–Crippen MR) is 130 cm³/mol. The van der Waals surface area contributed by atoms with Gasteiger partial charge in [0.05, 0.1) is 24.5 Å². The van der Waals surface area contributed by atoms with Gasteiger partial charge in [-0.15, -0.1) is 0 Å². The van der Waals surface area contributed by atoms with Gasteiger partial charge in [0, 0.05) is 18.7 Å². The zero-order valence-corrected chi connectivity index (χ0v) is 20.5. The van der Waals surface area contributed by atoms with Crippen LogP contribution >= 0.6 is 11.3 Å². The molecule has 3 rings (SSSR count). The molecule has 0 radical (unpaired) electrons. The van der Waals surface area contributed by atoms with Gasteiger partial charge >= 0.3 is 0 Å². The maximum atomic E-state index is 14.3. The average molecular weight is 476 g/mol. The van der Waals surface area contributed by atoms with Gasteiger partial charge in [-0.2, -0.15) is 0 Å². The van der Waals surface area contributed by atoms with E-state index in [0.29, 0.717) is 65.6 Å². The number of likely N-dealkylation sites (N-methyl/N-ethyl adjacent to an activating group) is 1. The number of halogens is 1. The zero-order chi connectivity index (χ0) is 24.0. The number of hydrogen-bond acceptors (Lipinski definition) is 7. The Hall–Kier alpha value is -2.91. The van der Waals surface area contributed by atoms with E-state index in [4.69, 9.17) is 14.2 Å². The molecule has 0 aliphatic carbocycles. The van der Waals surface area contributed by atoms with Gasteiger partial charge in [0.1, 0.15) is 11.3 Å². The van der Waals surface area contributed by atoms with Crippen LogP contribution in [0.1, 0.15) is 31.1 Å². The van der Waals surface area contributed by atoms with Gasteiger partial charge in [-0.05, 0) is 59.1 Å². The molecule has 1 heterocycles. The van der Waals surface area contributed by atoms with Crippen molar-refractivity contribution in [1.29, 1.82) is 0 Å². The fourth-order valence-electron chi connectivity index (χ4n) is 3.27. The number of anilines is 1. The highest BCUT2D eigenvalue weighted by molar-refractivity contribution is 7.22. The molecule has 0 saturated carbocycles. The molecule has 7 nitrogen and oxygen atoms in total. The third-order valence-corrected chi connectivity index (χ3v) is 5.81. The Morgan fingerprint density at radius 1 is 1.00 bits per heavy atom. The van der Waals surface area contributed by atoms with Crippen LogP contribution in [-0.2, 0) is 0 Å². The van der Waals surface area contributed by atoms with Crippen molar-refractivity contribution in [1.82, 2.24) is 9.88 Å². The number of thiazole rings is 1. The summed E-state index contributed by atoms with van der Waals surface area (Å²) in [6.07, 6.45) is 0. The third kappa shape index (κ3) is 5.72. The summed E-state index contributed by atoms with van der Waals surface area (Å²) in [6, 6.07) is 8.13. The Morgan fingerprint density at radius 3 is 2.18 bits per heavy atom. The van der Waals surface area contributed by atoms with E-state index in [2.05, 4.69) is 4.98 Å². The lowest BCUT2D eigenvalue weighted by Gasteiger charge is -2.23. The van der Waals surface area contributed by atoms with Crippen LogP contribution in [0.15, 0.2) is 30.3 Å². The standard InChI is InChI=1S/C24H30FN3O4S/c1-6-30-18-14-16(15-19(31-7-2)22(18)32-8-3)23(29)28(13-12-27(4)5)24-26-21-17(25)10-9-11-20(21)33-24/h9-11,14-15H,6-8,12-13H2,1-5H3. The van der Waals surface area contributed by atoms with Crippen molar-refractivity contribution < 1.29 is 23.4 Å². The Kier molecular flexibility index (Phi) is 8.46. The summed E-state index contributed by atoms with van der Waals surface area (Å²) in [5, 5.41) is 0.437. The van der Waals surface area contributed by atoms with Crippen molar-refractivity contribution in [3.63, 3.8) is 0 Å². The van der Waals surface area contributed by atoms with E-state index in [1.54, 1.807) is 29.2 Å². The van der Waals surface area contributed by atoms with Crippen molar-refractivity contribution in [2.75, 3.05) is 51.9 Å². The van der Waals surface area contributed by atoms with Crippen LogP contribution in [0.25, 0.3) is 10.2 Å². The maximum Gasteiger partial charge on any atom is 0.260 e. The van der Waals surface area contributed by atoms with Crippen molar-refractivity contribution in [3.8, 4) is 17.2 Å². The molecule has 33 heavy (non-hydrogen) atoms. The molecule has 0 spiro atoms. The number of nitrogens with zero attached hydrogens (tertiary/aromatic N) is 3. The molecule has 9 heteroatoms. The topological polar surface area (TPSA) is 64.1 Å². The Morgan fingerprint density at radius 2 is 1.64 bits per heavy atom. The first-order valence-corrected chi connectivity index (χ1v) is 11.8. The third-order valence-electron chi connectivity index (χ3n) is 4.76. The highest BCUT2D eigenvalue weighted by atomic mass is 32.1. The largest absolute Gasteiger partial charge is 0.490 e. The summed E-state index contributed by atoms with van der Waals surface area (Å²) in [6.45, 7) is 7.84. The number of aromatic nitrogens is 1. The number of carbonyl (C=O) groups is 1. The Balaban J connectivity index is 2.08. The molecule has 2 aromatic carbocycles. The summed E-state index contributed by atoms with van der Waals surface area (Å²) in [5.74, 6) is 0.669. The minimum Gasteiger partial charge on any atom is -0.490 e. The Bertz CT molecular complexity index is 1080. The molecule has 0 aliphatic heterocycles. The number of fused-ring (bicyclic) bond motifs is 1. The van der Waals surface area contributed by atoms with Crippen LogP contribution in [0, 0.1) is 5.82 Å². The van der Waals surface area contributed by atoms with Gasteiger partial charge in [0.15, 0.2) is 16.6 Å². The van der Waals surface area contributed by atoms with Crippen molar-refractivity contribution in [2.24, 2.45) is 0 Å². The van der Waals surface area contributed by atoms with Crippen LogP contribution in [-0.4, -0.2) is 62.8 Å². The van der Waals surface area contributed by atoms with Crippen molar-refractivity contribution in [3.05, 3.63) is 41.7 Å². The van der Waals surface area contributed by atoms with E-state index in [-0.39, 0.29) is 11.4 Å². The van der Waals surface area contributed by atoms with Gasteiger partial charge in [-0.3, -0.25) is 9.69 Å². The first-order chi connectivity index (χ1) is 15.9. The molecule has 0 fully saturated rings. The smallest absolute Gasteiger partial charge is 0.260 e. The number of hydrogen-bond donors (Lipinski definition) is 0. The molecule has 0 aliphatic rings. The summed E-state index contributed by atoms with van der Waals surface area (Å²) < 4.78 is 32.3. The molecular weight excluding hydrogens is 445 g/mol. The number of amides is 1. The second kappa shape index (κ2) is 11.3. The molecule has 0 saturated heterocycles. The zero-order valence-electron chi connectivity index (χ0n) is 19.7. The van der Waals surface area contributed by atoms with Crippen LogP contribution in [0.4, 0.5) is 9.52 Å². The van der Waals surface area contributed by atoms with Crippen molar-refractivity contribution in [2.45, 2.75) is 20.8 Å². The lowest BCUT2D eigenvalue weighted by Crippen LogP contribution is -2.36. The second-order valence-corrected chi connectivity index (χ2v) is 8.45. The summed E-state index contributed by atoms with van der Waals surface area (Å²) in [5.41, 5.74) is 0.640. The van der Waals surface area contributed by atoms with Crippen LogP contribution in [0.5, 0.6) is 17.2 Å². The lowest BCUT2D eigenvalue weighted by atomic mass is 10.1. The minimum atomic E-state index is -0.409. The summed E-state index contributed by atoms with van der Waals surface area (Å²) in [7, 11) is 3.86. The van der Waals surface area contributed by atoms with E-state index >= 15 is 0 Å². The quantitative estimate of drug-likeness (QED) is 0.395. The molecule has 3 aromatic rings. The van der Waals surface area contributed by atoms with Crippen molar-refractivity contribution >= 4 is 32.6 Å². The van der Waals surface area contributed by atoms with Gasteiger partial charge in [-0.1, -0.05) is 17.4 Å². The monoisotopic (exact) mass is 475 g/mol. The SMILES string of the molecule is CCOc1cc(C(=O)N(CCN(C)C)c2nc3c(F)cccc3s2)cc(OCC)c1OCC.